The van der Waals surface area contributed by atoms with Gasteiger partial charge >= 0.3 is 11.9 Å². The van der Waals surface area contributed by atoms with Gasteiger partial charge in [0.15, 0.2) is 0 Å². The summed E-state index contributed by atoms with van der Waals surface area (Å²) in [5, 5.41) is -0.556. The SMILES string of the molecule is CC(=O)C(CC(C)C)Sc1cc(-n2c(=O)c(C)c(C(F)(F)F)n(C)c2=O)c(F)cc1Cl. The number of Topliss-reactive ketones (excluding diaryl/α,β-unsaturated/α-hetero) is 1. The van der Waals surface area contributed by atoms with Crippen LogP contribution in [0.5, 0.6) is 0 Å². The van der Waals surface area contributed by atoms with E-state index in [1.165, 1.54) is 6.92 Å². The molecule has 0 radical (unpaired) electrons. The quantitative estimate of drug-likeness (QED) is 0.442. The lowest BCUT2D eigenvalue weighted by Crippen LogP contribution is -2.43. The third kappa shape index (κ3) is 5.23. The summed E-state index contributed by atoms with van der Waals surface area (Å²) in [4.78, 5) is 37.4. The molecule has 0 aliphatic heterocycles. The largest absolute Gasteiger partial charge is 0.432 e. The average molecular weight is 481 g/mol. The molecule has 0 fully saturated rings. The van der Waals surface area contributed by atoms with E-state index in [-0.39, 0.29) is 26.2 Å². The number of aromatic nitrogens is 2. The van der Waals surface area contributed by atoms with E-state index in [1.807, 2.05) is 13.8 Å². The van der Waals surface area contributed by atoms with E-state index >= 15 is 0 Å². The Labute approximate surface area is 185 Å². The van der Waals surface area contributed by atoms with Crippen LogP contribution < -0.4 is 11.2 Å². The monoisotopic (exact) mass is 480 g/mol. The highest BCUT2D eigenvalue weighted by Gasteiger charge is 2.38. The molecule has 1 aromatic carbocycles. The highest BCUT2D eigenvalue weighted by molar-refractivity contribution is 8.00. The molecule has 5 nitrogen and oxygen atoms in total. The molecule has 0 aliphatic rings. The van der Waals surface area contributed by atoms with E-state index in [0.29, 0.717) is 11.0 Å². The summed E-state index contributed by atoms with van der Waals surface area (Å²) in [7, 11) is 0.853. The van der Waals surface area contributed by atoms with E-state index in [1.54, 1.807) is 0 Å². The minimum absolute atomic E-state index is 0.0465. The fraction of sp³-hybridized carbons (Fsp3) is 0.450. The second-order valence-corrected chi connectivity index (χ2v) is 9.19. The normalized spacial score (nSPS) is 13.0. The Balaban J connectivity index is 2.74. The van der Waals surface area contributed by atoms with Crippen LogP contribution >= 0.6 is 23.4 Å². The van der Waals surface area contributed by atoms with Crippen molar-refractivity contribution in [3.8, 4) is 5.69 Å². The maximum atomic E-state index is 14.7. The van der Waals surface area contributed by atoms with Crippen molar-refractivity contribution in [2.45, 2.75) is 50.4 Å². The molecule has 1 unspecified atom stereocenters. The number of benzene rings is 1. The third-order valence-corrected chi connectivity index (χ3v) is 6.44. The predicted octanol–water partition coefficient (Wildman–Crippen LogP) is 4.75. The number of alkyl halides is 3. The highest BCUT2D eigenvalue weighted by atomic mass is 35.5. The molecule has 0 saturated carbocycles. The number of halogens is 5. The van der Waals surface area contributed by atoms with Gasteiger partial charge in [-0.15, -0.1) is 11.8 Å². The lowest BCUT2D eigenvalue weighted by molar-refractivity contribution is -0.144. The van der Waals surface area contributed by atoms with E-state index in [2.05, 4.69) is 0 Å². The lowest BCUT2D eigenvalue weighted by Gasteiger charge is -2.19. The van der Waals surface area contributed by atoms with Gasteiger partial charge in [-0.25, -0.2) is 13.8 Å². The van der Waals surface area contributed by atoms with Gasteiger partial charge in [0.1, 0.15) is 17.3 Å². The first kappa shape index (κ1) is 25.2. The molecule has 0 bridgehead atoms. The predicted molar refractivity (Wildman–Crippen MR) is 112 cm³/mol. The van der Waals surface area contributed by atoms with Crippen LogP contribution in [0.1, 0.15) is 38.4 Å². The van der Waals surface area contributed by atoms with Crippen LogP contribution in [0.3, 0.4) is 0 Å². The summed E-state index contributed by atoms with van der Waals surface area (Å²) in [5.41, 5.74) is -5.35. The molecule has 2 aromatic rings. The van der Waals surface area contributed by atoms with Crippen molar-refractivity contribution in [3.05, 3.63) is 55.1 Å². The van der Waals surface area contributed by atoms with Gasteiger partial charge in [-0.05, 0) is 38.3 Å². The molecule has 1 heterocycles. The number of hydrogen-bond donors (Lipinski definition) is 0. The third-order valence-electron chi connectivity index (χ3n) is 4.61. The van der Waals surface area contributed by atoms with E-state index in [0.717, 1.165) is 37.9 Å². The molecule has 0 aliphatic carbocycles. The average Bonchev–Trinajstić information content (AvgIpc) is 2.61. The minimum atomic E-state index is -4.94. The van der Waals surface area contributed by atoms with Crippen molar-refractivity contribution in [2.24, 2.45) is 13.0 Å². The second kappa shape index (κ2) is 9.20. The molecule has 0 N–H and O–H groups in total. The lowest BCUT2D eigenvalue weighted by atomic mass is 10.1. The molecular weight excluding hydrogens is 460 g/mol. The Hall–Kier alpha value is -2.07. The number of carbonyl (C=O) groups excluding carboxylic acids is 1. The zero-order valence-corrected chi connectivity index (χ0v) is 19.0. The maximum absolute atomic E-state index is 14.7. The van der Waals surface area contributed by atoms with Gasteiger partial charge in [0.05, 0.1) is 16.0 Å². The van der Waals surface area contributed by atoms with Crippen molar-refractivity contribution in [1.82, 2.24) is 9.13 Å². The molecule has 1 aromatic heterocycles. The first-order valence-electron chi connectivity index (χ1n) is 9.23. The first-order chi connectivity index (χ1) is 14.2. The Morgan fingerprint density at radius 3 is 2.29 bits per heavy atom. The Morgan fingerprint density at radius 1 is 1.23 bits per heavy atom. The van der Waals surface area contributed by atoms with E-state index in [9.17, 15) is 31.9 Å². The summed E-state index contributed by atoms with van der Waals surface area (Å²) < 4.78 is 55.2. The van der Waals surface area contributed by atoms with Crippen LogP contribution in [0.15, 0.2) is 26.6 Å². The zero-order chi connectivity index (χ0) is 23.8. The van der Waals surface area contributed by atoms with Crippen LogP contribution in [-0.2, 0) is 18.0 Å². The number of ketones is 1. The summed E-state index contributed by atoms with van der Waals surface area (Å²) in [6, 6.07) is 1.97. The van der Waals surface area contributed by atoms with Crippen LogP contribution in [0.2, 0.25) is 5.02 Å². The topological polar surface area (TPSA) is 61.1 Å². The molecular formula is C20H21ClF4N2O3S. The smallest absolute Gasteiger partial charge is 0.299 e. The molecule has 11 heteroatoms. The molecule has 0 amide bonds. The highest BCUT2D eigenvalue weighted by Crippen LogP contribution is 2.36. The van der Waals surface area contributed by atoms with Gasteiger partial charge in [-0.1, -0.05) is 25.4 Å². The first-order valence-corrected chi connectivity index (χ1v) is 10.5. The number of hydrogen-bond acceptors (Lipinski definition) is 4. The van der Waals surface area contributed by atoms with Crippen LogP contribution in [0.4, 0.5) is 17.6 Å². The fourth-order valence-corrected chi connectivity index (χ4v) is 4.72. The maximum Gasteiger partial charge on any atom is 0.432 e. The van der Waals surface area contributed by atoms with Crippen molar-refractivity contribution >= 4 is 29.1 Å². The Morgan fingerprint density at radius 2 is 1.81 bits per heavy atom. The van der Waals surface area contributed by atoms with Crippen molar-refractivity contribution in [1.29, 1.82) is 0 Å². The van der Waals surface area contributed by atoms with Gasteiger partial charge in [0, 0.05) is 17.5 Å². The molecule has 0 spiro atoms. The Kier molecular flexibility index (Phi) is 7.47. The van der Waals surface area contributed by atoms with Gasteiger partial charge in [-0.2, -0.15) is 13.2 Å². The van der Waals surface area contributed by atoms with E-state index < -0.39 is 45.4 Å². The van der Waals surface area contributed by atoms with Gasteiger partial charge in [0.25, 0.3) is 5.56 Å². The summed E-state index contributed by atoms with van der Waals surface area (Å²) in [6.07, 6.45) is -4.44. The summed E-state index contributed by atoms with van der Waals surface area (Å²) in [5.74, 6) is -1.03. The van der Waals surface area contributed by atoms with Crippen LogP contribution in [-0.4, -0.2) is 20.2 Å². The standard InChI is InChI=1S/C20H21ClF4N2O3S/c1-9(2)6-15(11(4)28)31-16-8-14(13(22)7-12(16)21)27-18(29)10(3)17(20(23,24)25)26(5)19(27)30/h7-9,15H,6H2,1-5H3. The second-order valence-electron chi connectivity index (χ2n) is 7.53. The summed E-state index contributed by atoms with van der Waals surface area (Å²) >= 11 is 7.15. The number of thioether (sulfide) groups is 1. The molecule has 1 atom stereocenters. The van der Waals surface area contributed by atoms with Crippen molar-refractivity contribution in [2.75, 3.05) is 0 Å². The Bertz CT molecular complexity index is 1100. The van der Waals surface area contributed by atoms with Crippen LogP contribution in [0, 0.1) is 18.7 Å². The van der Waals surface area contributed by atoms with Crippen molar-refractivity contribution < 1.29 is 22.4 Å². The van der Waals surface area contributed by atoms with E-state index in [4.69, 9.17) is 11.6 Å². The number of rotatable bonds is 6. The van der Waals surface area contributed by atoms with Gasteiger partial charge < -0.3 is 0 Å². The molecule has 2 rings (SSSR count). The van der Waals surface area contributed by atoms with Crippen molar-refractivity contribution in [3.63, 3.8) is 0 Å². The van der Waals surface area contributed by atoms with Gasteiger partial charge in [0.2, 0.25) is 0 Å². The number of carbonyl (C=O) groups is 1. The van der Waals surface area contributed by atoms with Crippen LogP contribution in [0.25, 0.3) is 5.69 Å². The zero-order valence-electron chi connectivity index (χ0n) is 17.4. The van der Waals surface area contributed by atoms with Gasteiger partial charge in [-0.3, -0.25) is 14.2 Å². The summed E-state index contributed by atoms with van der Waals surface area (Å²) in [6.45, 7) is 6.15. The molecule has 31 heavy (non-hydrogen) atoms. The number of nitrogens with zero attached hydrogens (tertiary/aromatic N) is 2. The fourth-order valence-electron chi connectivity index (χ4n) is 3.13. The minimum Gasteiger partial charge on any atom is -0.299 e. The molecule has 0 saturated heterocycles. The molecule has 170 valence electrons.